The van der Waals surface area contributed by atoms with Crippen LogP contribution in [0.4, 0.5) is 5.69 Å². The lowest BCUT2D eigenvalue weighted by atomic mass is 10.1. The number of hydrogen-bond acceptors (Lipinski definition) is 2. The fourth-order valence-corrected chi connectivity index (χ4v) is 2.22. The topological polar surface area (TPSA) is 46.3 Å². The number of amides is 1. The standard InChI is InChI=1S/C14H18N2O/c15-14(17)9-8-12-6-2-3-7-13(12)16-10-4-1-5-11-16/h2-3,6-9H,1,4-5,10-11H2,(H2,15,17). The summed E-state index contributed by atoms with van der Waals surface area (Å²) in [5.41, 5.74) is 7.39. The van der Waals surface area contributed by atoms with Crippen LogP contribution in [-0.4, -0.2) is 19.0 Å². The molecule has 2 N–H and O–H groups in total. The van der Waals surface area contributed by atoms with Crippen molar-refractivity contribution in [1.82, 2.24) is 0 Å². The SMILES string of the molecule is NC(=O)C=Cc1ccccc1N1CCCCC1. The van der Waals surface area contributed by atoms with E-state index in [0.29, 0.717) is 0 Å². The average molecular weight is 230 g/mol. The van der Waals surface area contributed by atoms with Gasteiger partial charge in [0.15, 0.2) is 0 Å². The summed E-state index contributed by atoms with van der Waals surface area (Å²) < 4.78 is 0. The van der Waals surface area contributed by atoms with E-state index in [-0.39, 0.29) is 0 Å². The third-order valence-electron chi connectivity index (χ3n) is 3.06. The Morgan fingerprint density at radius 3 is 2.59 bits per heavy atom. The van der Waals surface area contributed by atoms with Gasteiger partial charge in [0.1, 0.15) is 0 Å². The smallest absolute Gasteiger partial charge is 0.241 e. The van der Waals surface area contributed by atoms with Crippen molar-refractivity contribution in [1.29, 1.82) is 0 Å². The second-order valence-corrected chi connectivity index (χ2v) is 4.34. The average Bonchev–Trinajstić information content (AvgIpc) is 2.38. The van der Waals surface area contributed by atoms with Crippen molar-refractivity contribution in [3.8, 4) is 0 Å². The first-order valence-corrected chi connectivity index (χ1v) is 6.09. The van der Waals surface area contributed by atoms with E-state index in [0.717, 1.165) is 18.7 Å². The Morgan fingerprint density at radius 2 is 1.88 bits per heavy atom. The Labute approximate surface area is 102 Å². The second kappa shape index (κ2) is 5.53. The number of rotatable bonds is 3. The number of piperidine rings is 1. The molecule has 0 bridgehead atoms. The molecule has 1 amide bonds. The van der Waals surface area contributed by atoms with Crippen LogP contribution in [0.25, 0.3) is 6.08 Å². The van der Waals surface area contributed by atoms with Gasteiger partial charge in [-0.1, -0.05) is 18.2 Å². The number of carbonyl (C=O) groups excluding carboxylic acids is 1. The molecule has 0 unspecified atom stereocenters. The molecule has 0 radical (unpaired) electrons. The van der Waals surface area contributed by atoms with Gasteiger partial charge in [-0.3, -0.25) is 4.79 Å². The molecule has 0 saturated carbocycles. The highest BCUT2D eigenvalue weighted by Crippen LogP contribution is 2.24. The van der Waals surface area contributed by atoms with E-state index in [2.05, 4.69) is 11.0 Å². The maximum absolute atomic E-state index is 10.8. The van der Waals surface area contributed by atoms with Crippen LogP contribution >= 0.6 is 0 Å². The predicted octanol–water partition coefficient (Wildman–Crippen LogP) is 2.18. The van der Waals surface area contributed by atoms with Gasteiger partial charge in [-0.15, -0.1) is 0 Å². The van der Waals surface area contributed by atoms with Gasteiger partial charge < -0.3 is 10.6 Å². The highest BCUT2D eigenvalue weighted by Gasteiger charge is 2.12. The zero-order valence-electron chi connectivity index (χ0n) is 9.93. The molecule has 1 aromatic rings. The first-order chi connectivity index (χ1) is 8.27. The minimum atomic E-state index is -0.404. The lowest BCUT2D eigenvalue weighted by Crippen LogP contribution is -2.29. The van der Waals surface area contributed by atoms with Crippen LogP contribution in [-0.2, 0) is 4.79 Å². The predicted molar refractivity (Wildman–Crippen MR) is 70.7 cm³/mol. The van der Waals surface area contributed by atoms with Gasteiger partial charge in [-0.25, -0.2) is 0 Å². The second-order valence-electron chi connectivity index (χ2n) is 4.34. The van der Waals surface area contributed by atoms with Crippen molar-refractivity contribution < 1.29 is 4.79 Å². The minimum Gasteiger partial charge on any atom is -0.371 e. The van der Waals surface area contributed by atoms with Crippen LogP contribution in [0.15, 0.2) is 30.3 Å². The Bertz CT molecular complexity index is 420. The molecule has 0 aromatic heterocycles. The molecule has 0 aliphatic carbocycles. The van der Waals surface area contributed by atoms with Gasteiger partial charge in [0.05, 0.1) is 0 Å². The monoisotopic (exact) mass is 230 g/mol. The molecular weight excluding hydrogens is 212 g/mol. The van der Waals surface area contributed by atoms with E-state index in [9.17, 15) is 4.79 Å². The first kappa shape index (κ1) is 11.7. The number of benzene rings is 1. The number of nitrogens with zero attached hydrogens (tertiary/aromatic N) is 1. The van der Waals surface area contributed by atoms with Crippen molar-refractivity contribution in [2.75, 3.05) is 18.0 Å². The molecular formula is C14H18N2O. The van der Waals surface area contributed by atoms with Gasteiger partial charge in [0.25, 0.3) is 0 Å². The maximum atomic E-state index is 10.8. The molecule has 3 heteroatoms. The number of anilines is 1. The van der Waals surface area contributed by atoms with Gasteiger partial charge in [0.2, 0.25) is 5.91 Å². The number of nitrogens with two attached hydrogens (primary N) is 1. The molecule has 1 saturated heterocycles. The third kappa shape index (κ3) is 3.09. The van der Waals surface area contributed by atoms with Gasteiger partial charge in [0, 0.05) is 24.9 Å². The van der Waals surface area contributed by atoms with Gasteiger partial charge in [-0.2, -0.15) is 0 Å². The van der Waals surface area contributed by atoms with Crippen LogP contribution in [0.2, 0.25) is 0 Å². The van der Waals surface area contributed by atoms with Crippen molar-refractivity contribution in [3.63, 3.8) is 0 Å². The maximum Gasteiger partial charge on any atom is 0.241 e. The summed E-state index contributed by atoms with van der Waals surface area (Å²) >= 11 is 0. The molecule has 17 heavy (non-hydrogen) atoms. The molecule has 1 aromatic carbocycles. The summed E-state index contributed by atoms with van der Waals surface area (Å²) in [6.45, 7) is 2.20. The number of primary amides is 1. The summed E-state index contributed by atoms with van der Waals surface area (Å²) in [7, 11) is 0. The minimum absolute atomic E-state index is 0.404. The summed E-state index contributed by atoms with van der Waals surface area (Å²) in [6.07, 6.45) is 7.02. The van der Waals surface area contributed by atoms with Crippen molar-refractivity contribution in [3.05, 3.63) is 35.9 Å². The van der Waals surface area contributed by atoms with Gasteiger partial charge >= 0.3 is 0 Å². The van der Waals surface area contributed by atoms with E-state index in [1.807, 2.05) is 18.2 Å². The zero-order valence-corrected chi connectivity index (χ0v) is 9.93. The summed E-state index contributed by atoms with van der Waals surface area (Å²) in [4.78, 5) is 13.2. The molecule has 0 atom stereocenters. The van der Waals surface area contributed by atoms with E-state index >= 15 is 0 Å². The highest BCUT2D eigenvalue weighted by molar-refractivity contribution is 5.91. The molecule has 1 aliphatic rings. The van der Waals surface area contributed by atoms with Gasteiger partial charge in [-0.05, 0) is 37.0 Å². The molecule has 3 nitrogen and oxygen atoms in total. The van der Waals surface area contributed by atoms with E-state index in [1.54, 1.807) is 6.08 Å². The Balaban J connectivity index is 2.23. The van der Waals surface area contributed by atoms with Crippen LogP contribution < -0.4 is 10.6 Å². The normalized spacial score (nSPS) is 16.4. The quantitative estimate of drug-likeness (QED) is 0.809. The summed E-state index contributed by atoms with van der Waals surface area (Å²) in [5, 5.41) is 0. The molecule has 1 fully saturated rings. The Morgan fingerprint density at radius 1 is 1.18 bits per heavy atom. The van der Waals surface area contributed by atoms with E-state index < -0.39 is 5.91 Å². The van der Waals surface area contributed by atoms with Crippen LogP contribution in [0.1, 0.15) is 24.8 Å². The first-order valence-electron chi connectivity index (χ1n) is 6.09. The van der Waals surface area contributed by atoms with Crippen LogP contribution in [0.3, 0.4) is 0 Å². The van der Waals surface area contributed by atoms with Crippen molar-refractivity contribution >= 4 is 17.7 Å². The lowest BCUT2D eigenvalue weighted by Gasteiger charge is -2.30. The number of hydrogen-bond donors (Lipinski definition) is 1. The largest absolute Gasteiger partial charge is 0.371 e. The summed E-state index contributed by atoms with van der Waals surface area (Å²) in [6, 6.07) is 8.13. The molecule has 0 spiro atoms. The molecule has 2 rings (SSSR count). The Hall–Kier alpha value is -1.77. The molecule has 1 aliphatic heterocycles. The Kier molecular flexibility index (Phi) is 3.81. The van der Waals surface area contributed by atoms with E-state index in [1.165, 1.54) is 31.0 Å². The van der Waals surface area contributed by atoms with E-state index in [4.69, 9.17) is 5.73 Å². The van der Waals surface area contributed by atoms with Crippen LogP contribution in [0, 0.1) is 0 Å². The molecule has 90 valence electrons. The van der Waals surface area contributed by atoms with Crippen molar-refractivity contribution in [2.45, 2.75) is 19.3 Å². The lowest BCUT2D eigenvalue weighted by molar-refractivity contribution is -0.113. The number of carbonyl (C=O) groups is 1. The fraction of sp³-hybridized carbons (Fsp3) is 0.357. The number of para-hydroxylation sites is 1. The third-order valence-corrected chi connectivity index (χ3v) is 3.06. The van der Waals surface area contributed by atoms with Crippen molar-refractivity contribution in [2.24, 2.45) is 5.73 Å². The fourth-order valence-electron chi connectivity index (χ4n) is 2.22. The molecule has 1 heterocycles. The highest BCUT2D eigenvalue weighted by atomic mass is 16.1. The zero-order chi connectivity index (χ0) is 12.1. The van der Waals surface area contributed by atoms with Crippen LogP contribution in [0.5, 0.6) is 0 Å². The summed E-state index contributed by atoms with van der Waals surface area (Å²) in [5.74, 6) is -0.404.